The van der Waals surface area contributed by atoms with Crippen LogP contribution in [0.4, 0.5) is 0 Å². The fourth-order valence-electron chi connectivity index (χ4n) is 1.03. The van der Waals surface area contributed by atoms with Crippen molar-refractivity contribution in [2.24, 2.45) is 0 Å². The minimum Gasteiger partial charge on any atom is -0.217 e. The summed E-state index contributed by atoms with van der Waals surface area (Å²) in [5.74, 6) is 0. The van der Waals surface area contributed by atoms with E-state index in [1.54, 1.807) is 0 Å². The van der Waals surface area contributed by atoms with Gasteiger partial charge in [-0.25, -0.2) is 5.10 Å². The number of nitrogens with zero attached hydrogens (tertiary/aromatic N) is 2. The maximum Gasteiger partial charge on any atom is 0.0573 e. The molecule has 2 rings (SSSR count). The van der Waals surface area contributed by atoms with Crippen LogP contribution >= 0.6 is 0 Å². The molecule has 1 radical (unpaired) electrons. The van der Waals surface area contributed by atoms with Gasteiger partial charge in [0.15, 0.2) is 0 Å². The molecule has 0 aliphatic heterocycles. The summed E-state index contributed by atoms with van der Waals surface area (Å²) < 4.78 is 0. The van der Waals surface area contributed by atoms with Crippen LogP contribution in [0.25, 0.3) is 10.9 Å². The fraction of sp³-hybridized carbons (Fsp3) is 0.273. The Morgan fingerprint density at radius 1 is 1.21 bits per heavy atom. The summed E-state index contributed by atoms with van der Waals surface area (Å²) in [6.45, 7) is 5.93. The number of fused-ring (bicyclic) bond motifs is 1. The summed E-state index contributed by atoms with van der Waals surface area (Å²) in [4.78, 5) is 0. The predicted octanol–water partition coefficient (Wildman–Crippen LogP) is 2.76. The number of hydrogen-bond acceptors (Lipinski definition) is 2. The third-order valence-electron chi connectivity index (χ3n) is 1.55. The number of benzene rings is 1. The summed E-state index contributed by atoms with van der Waals surface area (Å²) >= 11 is 0. The zero-order valence-electron chi connectivity index (χ0n) is 8.58. The largest absolute Gasteiger partial charge is 0.217 e. The molecule has 0 fully saturated rings. The third-order valence-corrected chi connectivity index (χ3v) is 1.55. The maximum absolute atomic E-state index is 4.00. The van der Waals surface area contributed by atoms with Crippen molar-refractivity contribution in [3.63, 3.8) is 0 Å². The van der Waals surface area contributed by atoms with E-state index < -0.39 is 0 Å². The van der Waals surface area contributed by atoms with E-state index in [0.29, 0.717) is 0 Å². The molecule has 0 unspecified atom stereocenters. The average molecular weight is 359 g/mol. The zero-order valence-corrected chi connectivity index (χ0v) is 11.3. The van der Waals surface area contributed by atoms with Crippen molar-refractivity contribution in [1.29, 1.82) is 0 Å². The monoisotopic (exact) mass is 360 g/mol. The summed E-state index contributed by atoms with van der Waals surface area (Å²) in [5, 5.41) is 9.06. The Bertz CT molecular complexity index is 388. The van der Waals surface area contributed by atoms with Crippen molar-refractivity contribution in [3.8, 4) is 0 Å². The van der Waals surface area contributed by atoms with Crippen LogP contribution in [0.3, 0.4) is 0 Å². The van der Waals surface area contributed by atoms with Crippen LogP contribution in [0.5, 0.6) is 0 Å². The van der Waals surface area contributed by atoms with Gasteiger partial charge in [-0.15, -0.1) is 11.5 Å². The number of aromatic nitrogens is 2. The van der Waals surface area contributed by atoms with Gasteiger partial charge in [0, 0.05) is 20.4 Å². The van der Waals surface area contributed by atoms with Gasteiger partial charge in [0.1, 0.15) is 0 Å². The molecular weight excluding hydrogens is 346 g/mol. The van der Waals surface area contributed by atoms with Crippen LogP contribution in [0.1, 0.15) is 19.5 Å². The van der Waals surface area contributed by atoms with E-state index >= 15 is 0 Å². The Balaban J connectivity index is 0.000000531. The molecule has 3 heteroatoms. The van der Waals surface area contributed by atoms with Crippen molar-refractivity contribution < 1.29 is 20.4 Å². The van der Waals surface area contributed by atoms with Crippen LogP contribution in [0, 0.1) is 13.0 Å². The molecule has 1 aromatic heterocycles. The smallest absolute Gasteiger partial charge is 0.0573 e. The van der Waals surface area contributed by atoms with Crippen LogP contribution < -0.4 is 0 Å². The summed E-state index contributed by atoms with van der Waals surface area (Å²) in [5.41, 5.74) is 1.85. The second kappa shape index (κ2) is 6.64. The Hall–Kier alpha value is -0.778. The third kappa shape index (κ3) is 3.17. The molecular formula is C11H13N2Re-. The Kier molecular flexibility index (Phi) is 6.27. The summed E-state index contributed by atoms with van der Waals surface area (Å²) in [7, 11) is 0. The molecule has 1 heterocycles. The van der Waals surface area contributed by atoms with Crippen molar-refractivity contribution >= 4 is 10.9 Å². The molecule has 0 saturated heterocycles. The van der Waals surface area contributed by atoms with Crippen molar-refractivity contribution in [2.75, 3.05) is 0 Å². The van der Waals surface area contributed by atoms with Gasteiger partial charge in [-0.2, -0.15) is 23.3 Å². The average Bonchev–Trinajstić information content (AvgIpc) is 2.21. The molecule has 0 aliphatic rings. The van der Waals surface area contributed by atoms with E-state index in [0.717, 1.165) is 16.6 Å². The minimum absolute atomic E-state index is 0. The van der Waals surface area contributed by atoms with Gasteiger partial charge in [0.2, 0.25) is 0 Å². The number of hydrogen-bond donors (Lipinski definition) is 0. The van der Waals surface area contributed by atoms with Gasteiger partial charge in [0.05, 0.1) is 5.69 Å². The first-order valence-electron chi connectivity index (χ1n) is 4.46. The first-order chi connectivity index (χ1) is 6.36. The molecule has 14 heavy (non-hydrogen) atoms. The molecule has 0 aliphatic carbocycles. The van der Waals surface area contributed by atoms with Crippen LogP contribution in [0.2, 0.25) is 0 Å². The number of rotatable bonds is 0. The maximum atomic E-state index is 4.00. The van der Waals surface area contributed by atoms with Crippen molar-refractivity contribution in [3.05, 3.63) is 36.0 Å². The van der Waals surface area contributed by atoms with Crippen LogP contribution in [0.15, 0.2) is 24.3 Å². The van der Waals surface area contributed by atoms with Gasteiger partial charge in [0.25, 0.3) is 0 Å². The predicted molar refractivity (Wildman–Crippen MR) is 54.5 cm³/mol. The zero-order chi connectivity index (χ0) is 9.68. The molecule has 0 bridgehead atoms. The standard InChI is InChI=1S/C9H7N2.C2H6.Re/c1-7-6-8-4-2-3-5-9(8)11-10-7;1-2;/h2,4-6H,1H3;1-2H3;/q-1;;. The SMILES string of the molecule is CC.Cc1cc2cc[c-]cc2nn1.[Re]. The molecule has 0 saturated carbocycles. The van der Waals surface area contributed by atoms with Crippen LogP contribution in [-0.4, -0.2) is 10.2 Å². The molecule has 0 atom stereocenters. The Morgan fingerprint density at radius 2 is 1.93 bits per heavy atom. The van der Waals surface area contributed by atoms with Crippen molar-refractivity contribution in [2.45, 2.75) is 20.8 Å². The normalized spacial score (nSPS) is 8.50. The second-order valence-electron chi connectivity index (χ2n) is 2.47. The molecule has 1 aromatic carbocycles. The molecule has 0 amide bonds. The topological polar surface area (TPSA) is 25.8 Å². The van der Waals surface area contributed by atoms with Gasteiger partial charge in [-0.3, -0.25) is 0 Å². The minimum atomic E-state index is 0. The van der Waals surface area contributed by atoms with Crippen LogP contribution in [-0.2, 0) is 20.4 Å². The molecule has 0 N–H and O–H groups in total. The van der Waals surface area contributed by atoms with E-state index in [-0.39, 0.29) is 20.4 Å². The van der Waals surface area contributed by atoms with Gasteiger partial charge in [-0.1, -0.05) is 19.9 Å². The van der Waals surface area contributed by atoms with Crippen molar-refractivity contribution in [1.82, 2.24) is 10.2 Å². The molecule has 75 valence electrons. The first kappa shape index (κ1) is 13.2. The van der Waals surface area contributed by atoms with E-state index in [4.69, 9.17) is 0 Å². The first-order valence-corrected chi connectivity index (χ1v) is 4.46. The fourth-order valence-corrected chi connectivity index (χ4v) is 1.03. The van der Waals surface area contributed by atoms with E-state index in [1.165, 1.54) is 0 Å². The van der Waals surface area contributed by atoms with Gasteiger partial charge >= 0.3 is 0 Å². The van der Waals surface area contributed by atoms with Gasteiger partial charge < -0.3 is 0 Å². The second-order valence-corrected chi connectivity index (χ2v) is 2.47. The summed E-state index contributed by atoms with van der Waals surface area (Å²) in [6.07, 6.45) is 0. The van der Waals surface area contributed by atoms with Gasteiger partial charge in [-0.05, 0) is 12.4 Å². The Morgan fingerprint density at radius 3 is 2.64 bits per heavy atom. The molecule has 2 aromatic rings. The number of aryl methyl sites for hydroxylation is 1. The Labute approximate surface area is 98.4 Å². The summed E-state index contributed by atoms with van der Waals surface area (Å²) in [6, 6.07) is 10.7. The van der Waals surface area contributed by atoms with E-state index in [1.807, 2.05) is 45.0 Å². The van der Waals surface area contributed by atoms with E-state index in [2.05, 4.69) is 16.3 Å². The quantitative estimate of drug-likeness (QED) is 0.676. The molecule has 2 nitrogen and oxygen atoms in total. The molecule has 0 spiro atoms. The van der Waals surface area contributed by atoms with E-state index in [9.17, 15) is 0 Å².